The number of hydrogen-bond donors (Lipinski definition) is 3. The number of rotatable bonds is 7. The number of aromatic nitrogens is 5. The first kappa shape index (κ1) is 25.1. The van der Waals surface area contributed by atoms with Gasteiger partial charge in [0.25, 0.3) is 0 Å². The molecule has 0 radical (unpaired) electrons. The molecule has 1 unspecified atom stereocenters. The van der Waals surface area contributed by atoms with Gasteiger partial charge in [0.1, 0.15) is 16.8 Å². The van der Waals surface area contributed by atoms with Gasteiger partial charge in [0, 0.05) is 30.9 Å². The molecule has 0 saturated carbocycles. The van der Waals surface area contributed by atoms with Crippen LogP contribution in [0.25, 0.3) is 11.4 Å². The lowest BCUT2D eigenvalue weighted by Gasteiger charge is -2.32. The van der Waals surface area contributed by atoms with E-state index in [2.05, 4.69) is 42.1 Å². The van der Waals surface area contributed by atoms with Gasteiger partial charge in [-0.2, -0.15) is 9.97 Å². The number of pyridine rings is 2. The zero-order valence-electron chi connectivity index (χ0n) is 19.3. The second kappa shape index (κ2) is 10.3. The summed E-state index contributed by atoms with van der Waals surface area (Å²) in [5, 5.41) is 8.40. The SMILES string of the molecule is Cc1nc(N)nc(-c2cc(C(C)N3CCOCC3)cnc2Nc2cnc(Cl)c(CS(N)(=O)=O)c2)n1. The summed E-state index contributed by atoms with van der Waals surface area (Å²) in [4.78, 5) is 23.8. The fraction of sp³-hybridized carbons (Fsp3) is 0.381. The molecule has 1 saturated heterocycles. The second-order valence-corrected chi connectivity index (χ2v) is 10.1. The third-order valence-corrected chi connectivity index (χ3v) is 6.57. The van der Waals surface area contributed by atoms with E-state index in [1.165, 1.54) is 6.20 Å². The number of ether oxygens (including phenoxy) is 1. The van der Waals surface area contributed by atoms with Gasteiger partial charge in [0.05, 0.1) is 36.4 Å². The lowest BCUT2D eigenvalue weighted by Crippen LogP contribution is -2.38. The molecular formula is C21H26ClN9O3S. The van der Waals surface area contributed by atoms with Crippen molar-refractivity contribution >= 4 is 39.1 Å². The molecule has 1 aliphatic heterocycles. The molecule has 3 aromatic heterocycles. The van der Waals surface area contributed by atoms with Crippen LogP contribution < -0.4 is 16.2 Å². The summed E-state index contributed by atoms with van der Waals surface area (Å²) in [6, 6.07) is 3.60. The van der Waals surface area contributed by atoms with E-state index in [1.807, 2.05) is 6.07 Å². The molecular weight excluding hydrogens is 494 g/mol. The number of nitrogens with zero attached hydrogens (tertiary/aromatic N) is 6. The van der Waals surface area contributed by atoms with Gasteiger partial charge in [-0.15, -0.1) is 0 Å². The molecule has 4 rings (SSSR count). The van der Waals surface area contributed by atoms with E-state index in [-0.39, 0.29) is 22.7 Å². The predicted molar refractivity (Wildman–Crippen MR) is 132 cm³/mol. The van der Waals surface area contributed by atoms with Crippen LogP contribution in [-0.4, -0.2) is 64.5 Å². The van der Waals surface area contributed by atoms with Crippen molar-refractivity contribution in [2.45, 2.75) is 25.6 Å². The average molecular weight is 520 g/mol. The van der Waals surface area contributed by atoms with E-state index < -0.39 is 15.8 Å². The summed E-state index contributed by atoms with van der Waals surface area (Å²) < 4.78 is 28.6. The minimum Gasteiger partial charge on any atom is -0.379 e. The van der Waals surface area contributed by atoms with Crippen molar-refractivity contribution in [1.29, 1.82) is 0 Å². The van der Waals surface area contributed by atoms with Gasteiger partial charge in [-0.25, -0.2) is 28.5 Å². The molecule has 1 aliphatic rings. The van der Waals surface area contributed by atoms with Crippen molar-refractivity contribution in [3.63, 3.8) is 0 Å². The highest BCUT2D eigenvalue weighted by Gasteiger charge is 2.22. The molecule has 0 amide bonds. The molecule has 35 heavy (non-hydrogen) atoms. The topological polar surface area (TPSA) is 175 Å². The van der Waals surface area contributed by atoms with E-state index in [0.29, 0.717) is 41.9 Å². The first-order valence-electron chi connectivity index (χ1n) is 10.8. The largest absolute Gasteiger partial charge is 0.379 e. The summed E-state index contributed by atoms with van der Waals surface area (Å²) in [7, 11) is -3.80. The maximum atomic E-state index is 11.6. The van der Waals surface area contributed by atoms with Crippen molar-refractivity contribution in [3.05, 3.63) is 46.6 Å². The Morgan fingerprint density at radius 2 is 1.91 bits per heavy atom. The second-order valence-electron chi connectivity index (χ2n) is 8.16. The number of nitrogens with two attached hydrogens (primary N) is 2. The minimum atomic E-state index is -3.80. The molecule has 14 heteroatoms. The number of nitrogen functional groups attached to an aromatic ring is 1. The first-order valence-corrected chi connectivity index (χ1v) is 12.9. The molecule has 0 aliphatic carbocycles. The summed E-state index contributed by atoms with van der Waals surface area (Å²) in [6.45, 7) is 6.82. The van der Waals surface area contributed by atoms with Gasteiger partial charge < -0.3 is 15.8 Å². The van der Waals surface area contributed by atoms with Crippen LogP contribution in [0.5, 0.6) is 0 Å². The van der Waals surface area contributed by atoms with Crippen molar-refractivity contribution in [1.82, 2.24) is 29.8 Å². The Labute approximate surface area is 208 Å². The number of nitrogens with one attached hydrogen (secondary N) is 1. The standard InChI is InChI=1S/C21H26ClN9O3S/c1-12(31-3-5-34-6-4-31)14-8-17(20-27-13(2)28-21(23)30-20)19(26-9-14)29-16-7-15(11-35(24,32)33)18(22)25-10-16/h7-10,12H,3-6,11H2,1-2H3,(H,26,29)(H2,24,32,33)(H2,23,27,28,30). The van der Waals surface area contributed by atoms with E-state index in [4.69, 9.17) is 27.2 Å². The molecule has 1 atom stereocenters. The van der Waals surface area contributed by atoms with Gasteiger partial charge in [-0.3, -0.25) is 4.90 Å². The Morgan fingerprint density at radius 1 is 1.17 bits per heavy atom. The van der Waals surface area contributed by atoms with Crippen LogP contribution in [0.3, 0.4) is 0 Å². The first-order chi connectivity index (χ1) is 16.6. The summed E-state index contributed by atoms with van der Waals surface area (Å²) in [5.41, 5.74) is 8.19. The number of halogens is 1. The van der Waals surface area contributed by atoms with Crippen LogP contribution in [0.4, 0.5) is 17.5 Å². The van der Waals surface area contributed by atoms with Crippen LogP contribution in [0, 0.1) is 6.92 Å². The van der Waals surface area contributed by atoms with Crippen molar-refractivity contribution < 1.29 is 13.2 Å². The monoisotopic (exact) mass is 519 g/mol. The fourth-order valence-corrected chi connectivity index (χ4v) is 4.70. The van der Waals surface area contributed by atoms with E-state index >= 15 is 0 Å². The van der Waals surface area contributed by atoms with Crippen LogP contribution in [0.1, 0.15) is 29.9 Å². The number of anilines is 3. The van der Waals surface area contributed by atoms with Gasteiger partial charge >= 0.3 is 0 Å². The molecule has 0 spiro atoms. The lowest BCUT2D eigenvalue weighted by atomic mass is 10.1. The van der Waals surface area contributed by atoms with E-state index in [0.717, 1.165) is 18.7 Å². The Bertz CT molecular complexity index is 1310. The third kappa shape index (κ3) is 6.38. The average Bonchev–Trinajstić information content (AvgIpc) is 2.80. The minimum absolute atomic E-state index is 0.0494. The highest BCUT2D eigenvalue weighted by Crippen LogP contribution is 2.32. The molecule has 0 aromatic carbocycles. The van der Waals surface area contributed by atoms with E-state index in [9.17, 15) is 8.42 Å². The maximum Gasteiger partial charge on any atom is 0.223 e. The highest BCUT2D eigenvalue weighted by atomic mass is 35.5. The van der Waals surface area contributed by atoms with Gasteiger partial charge in [-0.1, -0.05) is 11.6 Å². The van der Waals surface area contributed by atoms with Crippen LogP contribution in [0.15, 0.2) is 24.5 Å². The number of primary sulfonamides is 1. The van der Waals surface area contributed by atoms with Crippen molar-refractivity contribution in [2.24, 2.45) is 5.14 Å². The molecule has 0 bridgehead atoms. The van der Waals surface area contributed by atoms with E-state index in [1.54, 1.807) is 19.2 Å². The Kier molecular flexibility index (Phi) is 7.42. The smallest absolute Gasteiger partial charge is 0.223 e. The van der Waals surface area contributed by atoms with Gasteiger partial charge in [0.2, 0.25) is 16.0 Å². The van der Waals surface area contributed by atoms with Crippen molar-refractivity contribution in [2.75, 3.05) is 37.4 Å². The third-order valence-electron chi connectivity index (χ3n) is 5.52. The Morgan fingerprint density at radius 3 is 2.60 bits per heavy atom. The van der Waals surface area contributed by atoms with Gasteiger partial charge in [-0.05, 0) is 31.5 Å². The maximum absolute atomic E-state index is 11.6. The lowest BCUT2D eigenvalue weighted by molar-refractivity contribution is 0.0198. The highest BCUT2D eigenvalue weighted by molar-refractivity contribution is 7.88. The summed E-state index contributed by atoms with van der Waals surface area (Å²) >= 11 is 6.07. The fourth-order valence-electron chi connectivity index (χ4n) is 3.79. The Hall–Kier alpha value is -2.97. The number of hydrogen-bond acceptors (Lipinski definition) is 11. The molecule has 5 N–H and O–H groups in total. The molecule has 1 fully saturated rings. The predicted octanol–water partition coefficient (Wildman–Crippen LogP) is 1.80. The molecule has 3 aromatic rings. The molecule has 12 nitrogen and oxygen atoms in total. The van der Waals surface area contributed by atoms with Crippen molar-refractivity contribution in [3.8, 4) is 11.4 Å². The van der Waals surface area contributed by atoms with Crippen LogP contribution in [0.2, 0.25) is 5.15 Å². The summed E-state index contributed by atoms with van der Waals surface area (Å²) in [6.07, 6.45) is 3.25. The zero-order valence-corrected chi connectivity index (χ0v) is 20.8. The summed E-state index contributed by atoms with van der Waals surface area (Å²) in [5.74, 6) is 0.891. The quantitative estimate of drug-likeness (QED) is 0.388. The zero-order chi connectivity index (χ0) is 25.2. The Balaban J connectivity index is 1.74. The van der Waals surface area contributed by atoms with Crippen LogP contribution in [-0.2, 0) is 20.5 Å². The normalized spacial score (nSPS) is 15.7. The molecule has 4 heterocycles. The van der Waals surface area contributed by atoms with Gasteiger partial charge in [0.15, 0.2) is 5.82 Å². The molecule has 186 valence electrons. The number of aryl methyl sites for hydroxylation is 1. The van der Waals surface area contributed by atoms with Crippen LogP contribution >= 0.6 is 11.6 Å². The number of sulfonamides is 1. The number of morpholine rings is 1.